The van der Waals surface area contributed by atoms with Gasteiger partial charge in [-0.2, -0.15) is 0 Å². The van der Waals surface area contributed by atoms with Crippen LogP contribution in [0, 0.1) is 12.7 Å². The van der Waals surface area contributed by atoms with Crippen LogP contribution in [-0.4, -0.2) is 34.2 Å². The van der Waals surface area contributed by atoms with E-state index in [9.17, 15) is 18.8 Å². The molecule has 2 N–H and O–H groups in total. The van der Waals surface area contributed by atoms with Crippen LogP contribution >= 0.6 is 22.9 Å². The summed E-state index contributed by atoms with van der Waals surface area (Å²) in [6, 6.07) is 9.54. The highest BCUT2D eigenvalue weighted by Gasteiger charge is 2.22. The van der Waals surface area contributed by atoms with Gasteiger partial charge in [-0.25, -0.2) is 14.2 Å². The largest absolute Gasteiger partial charge is 0.460 e. The Morgan fingerprint density at radius 2 is 1.68 bits per heavy atom. The number of nitrogens with zero attached hydrogens (tertiary/aromatic N) is 1. The van der Waals surface area contributed by atoms with E-state index in [0.717, 1.165) is 16.9 Å². The molecule has 0 fully saturated rings. The lowest BCUT2D eigenvalue weighted by atomic mass is 10.1. The first-order valence-corrected chi connectivity index (χ1v) is 13.7. The first-order chi connectivity index (χ1) is 18.5. The van der Waals surface area contributed by atoms with E-state index in [1.165, 1.54) is 12.1 Å². The smallest absolute Gasteiger partial charge is 0.407 e. The highest BCUT2D eigenvalue weighted by molar-refractivity contribution is 7.19. The van der Waals surface area contributed by atoms with E-state index < -0.39 is 35.0 Å². The zero-order valence-electron chi connectivity index (χ0n) is 23.5. The van der Waals surface area contributed by atoms with Gasteiger partial charge in [0.25, 0.3) is 5.91 Å². The number of hydrogen-bond acceptors (Lipinski definition) is 7. The minimum absolute atomic E-state index is 0.0277. The number of aromatic nitrogens is 1. The van der Waals surface area contributed by atoms with E-state index in [4.69, 9.17) is 21.1 Å². The molecule has 11 heteroatoms. The van der Waals surface area contributed by atoms with Crippen LogP contribution in [0.15, 0.2) is 36.4 Å². The third-order valence-electron chi connectivity index (χ3n) is 5.11. The normalized spacial score (nSPS) is 11.6. The molecular weight excluding hydrogens is 557 g/mol. The maximum absolute atomic E-state index is 14.4. The van der Waals surface area contributed by atoms with Crippen molar-refractivity contribution in [3.63, 3.8) is 0 Å². The minimum atomic E-state index is -0.666. The number of amides is 2. The second kappa shape index (κ2) is 12.3. The molecule has 0 atom stereocenters. The van der Waals surface area contributed by atoms with Crippen molar-refractivity contribution in [1.82, 2.24) is 10.3 Å². The van der Waals surface area contributed by atoms with E-state index in [1.54, 1.807) is 59.7 Å². The van der Waals surface area contributed by atoms with E-state index >= 15 is 0 Å². The molecule has 0 aliphatic heterocycles. The predicted molar refractivity (Wildman–Crippen MR) is 154 cm³/mol. The number of halogens is 2. The Kier molecular flexibility index (Phi) is 9.58. The van der Waals surface area contributed by atoms with Gasteiger partial charge in [0.15, 0.2) is 5.69 Å². The molecule has 2 aromatic carbocycles. The molecule has 0 spiro atoms. The summed E-state index contributed by atoms with van der Waals surface area (Å²) in [5.74, 6) is -1.54. The van der Waals surface area contributed by atoms with Crippen molar-refractivity contribution in [2.45, 2.75) is 72.6 Å². The van der Waals surface area contributed by atoms with Crippen LogP contribution < -0.4 is 10.6 Å². The maximum atomic E-state index is 14.4. The van der Waals surface area contributed by atoms with E-state index in [0.29, 0.717) is 27.4 Å². The fourth-order valence-corrected chi connectivity index (χ4v) is 4.73. The van der Waals surface area contributed by atoms with E-state index in [2.05, 4.69) is 15.6 Å². The number of ether oxygens (including phenoxy) is 2. The lowest BCUT2D eigenvalue weighted by molar-refractivity contribution is -0.153. The van der Waals surface area contributed by atoms with Crippen LogP contribution in [0.3, 0.4) is 0 Å². The molecule has 0 aliphatic rings. The molecule has 2 amide bonds. The van der Waals surface area contributed by atoms with Crippen molar-refractivity contribution >= 4 is 46.6 Å². The number of esters is 1. The van der Waals surface area contributed by atoms with Crippen molar-refractivity contribution in [2.24, 2.45) is 0 Å². The molecule has 40 heavy (non-hydrogen) atoms. The summed E-state index contributed by atoms with van der Waals surface area (Å²) in [6.45, 7) is 12.5. The van der Waals surface area contributed by atoms with Crippen LogP contribution in [0.25, 0.3) is 10.6 Å². The molecule has 1 aromatic heterocycles. The van der Waals surface area contributed by atoms with Crippen molar-refractivity contribution < 1.29 is 28.2 Å². The highest BCUT2D eigenvalue weighted by Crippen LogP contribution is 2.33. The van der Waals surface area contributed by atoms with Crippen LogP contribution in [-0.2, 0) is 27.2 Å². The van der Waals surface area contributed by atoms with Gasteiger partial charge in [0, 0.05) is 17.8 Å². The fourth-order valence-electron chi connectivity index (χ4n) is 3.60. The topological polar surface area (TPSA) is 107 Å². The lowest BCUT2D eigenvalue weighted by Gasteiger charge is -2.20. The number of anilines is 1. The summed E-state index contributed by atoms with van der Waals surface area (Å²) in [7, 11) is 0. The molecule has 0 bridgehead atoms. The number of carbonyl (C=O) groups excluding carboxylic acids is 3. The molecular formula is C29H33ClFN3O5S. The summed E-state index contributed by atoms with van der Waals surface area (Å²) in [5.41, 5.74) is 1.41. The molecule has 0 saturated heterocycles. The molecule has 0 aliphatic carbocycles. The number of aryl methyl sites for hydroxylation is 1. The summed E-state index contributed by atoms with van der Waals surface area (Å²) >= 11 is 7.40. The summed E-state index contributed by atoms with van der Waals surface area (Å²) in [6.07, 6.45) is -0.663. The Morgan fingerprint density at radius 3 is 2.33 bits per heavy atom. The van der Waals surface area contributed by atoms with Gasteiger partial charge in [-0.05, 0) is 89.4 Å². The number of benzene rings is 2. The quantitative estimate of drug-likeness (QED) is 0.285. The Hall–Kier alpha value is -3.50. The Balaban J connectivity index is 1.79. The summed E-state index contributed by atoms with van der Waals surface area (Å²) < 4.78 is 25.2. The van der Waals surface area contributed by atoms with Gasteiger partial charge in [-0.1, -0.05) is 23.7 Å². The average Bonchev–Trinajstić information content (AvgIpc) is 3.18. The molecule has 3 rings (SSSR count). The third-order valence-corrected chi connectivity index (χ3v) is 6.41. The zero-order chi connectivity index (χ0) is 29.8. The molecule has 0 saturated carbocycles. The van der Waals surface area contributed by atoms with Gasteiger partial charge in [0.05, 0.1) is 6.42 Å². The van der Waals surface area contributed by atoms with Gasteiger partial charge in [-0.3, -0.25) is 9.59 Å². The van der Waals surface area contributed by atoms with Gasteiger partial charge in [-0.15, -0.1) is 11.3 Å². The second-order valence-electron chi connectivity index (χ2n) is 11.2. The van der Waals surface area contributed by atoms with Crippen molar-refractivity contribution in [3.8, 4) is 10.6 Å². The highest BCUT2D eigenvalue weighted by atomic mass is 35.5. The maximum Gasteiger partial charge on any atom is 0.407 e. The van der Waals surface area contributed by atoms with Gasteiger partial charge >= 0.3 is 12.1 Å². The SMILES string of the molecule is Cc1ccc(CC(=O)OC(C)(C)C)c(NC(=O)c2nc(-c3cc(F)cc(CNC(=O)OC(C)(C)C)c3)sc2Cl)c1. The van der Waals surface area contributed by atoms with Crippen LogP contribution in [0.1, 0.15) is 68.7 Å². The molecule has 8 nitrogen and oxygen atoms in total. The summed E-state index contributed by atoms with van der Waals surface area (Å²) in [4.78, 5) is 41.9. The Bertz CT molecular complexity index is 1430. The standard InChI is InChI=1S/C29H33ClFN3O5S/c1-16-8-9-18(14-22(35)38-28(2,3)4)21(10-16)33-25(36)23-24(30)40-26(34-23)19-11-17(12-20(31)13-19)15-32-27(37)39-29(5,6)7/h8-13H,14-15H2,1-7H3,(H,32,37)(H,33,36). The van der Waals surface area contributed by atoms with Crippen LogP contribution in [0.4, 0.5) is 14.9 Å². The fraction of sp³-hybridized carbons (Fsp3) is 0.379. The van der Waals surface area contributed by atoms with Crippen molar-refractivity contribution in [3.05, 3.63) is 68.9 Å². The molecule has 0 radical (unpaired) electrons. The Morgan fingerprint density at radius 1 is 1.00 bits per heavy atom. The summed E-state index contributed by atoms with van der Waals surface area (Å²) in [5, 5.41) is 5.71. The van der Waals surface area contributed by atoms with Gasteiger partial charge < -0.3 is 20.1 Å². The van der Waals surface area contributed by atoms with Crippen molar-refractivity contribution in [2.75, 3.05) is 5.32 Å². The molecule has 0 unspecified atom stereocenters. The number of hydrogen-bond donors (Lipinski definition) is 2. The van der Waals surface area contributed by atoms with Gasteiger partial charge in [0.1, 0.15) is 26.4 Å². The zero-order valence-corrected chi connectivity index (χ0v) is 25.1. The van der Waals surface area contributed by atoms with Crippen LogP contribution in [0.2, 0.25) is 4.34 Å². The Labute approximate surface area is 242 Å². The van der Waals surface area contributed by atoms with E-state index in [-0.39, 0.29) is 23.0 Å². The molecule has 3 aromatic rings. The van der Waals surface area contributed by atoms with Crippen molar-refractivity contribution in [1.29, 1.82) is 0 Å². The number of carbonyl (C=O) groups is 3. The molecule has 1 heterocycles. The number of alkyl carbamates (subject to hydrolysis) is 1. The monoisotopic (exact) mass is 589 g/mol. The molecule has 214 valence electrons. The lowest BCUT2D eigenvalue weighted by Crippen LogP contribution is -2.32. The minimum Gasteiger partial charge on any atom is -0.460 e. The second-order valence-corrected chi connectivity index (χ2v) is 12.8. The number of rotatable bonds is 7. The third kappa shape index (κ3) is 9.31. The first kappa shape index (κ1) is 31.0. The predicted octanol–water partition coefficient (Wildman–Crippen LogP) is 7.07. The van der Waals surface area contributed by atoms with Crippen LogP contribution in [0.5, 0.6) is 0 Å². The number of thiazole rings is 1. The average molecular weight is 590 g/mol. The van der Waals surface area contributed by atoms with Gasteiger partial charge in [0.2, 0.25) is 0 Å². The first-order valence-electron chi connectivity index (χ1n) is 12.5. The number of nitrogens with one attached hydrogen (secondary N) is 2. The van der Waals surface area contributed by atoms with E-state index in [1.807, 2.05) is 13.0 Å².